The molecule has 0 aliphatic carbocycles. The third-order valence-electron chi connectivity index (χ3n) is 3.46. The summed E-state index contributed by atoms with van der Waals surface area (Å²) in [7, 11) is -3.76. The maximum Gasteiger partial charge on any atom is 0.255 e. The van der Waals surface area contributed by atoms with Gasteiger partial charge in [0.1, 0.15) is 10.6 Å². The van der Waals surface area contributed by atoms with Gasteiger partial charge in [-0.3, -0.25) is 4.79 Å². The van der Waals surface area contributed by atoms with Gasteiger partial charge in [0.05, 0.1) is 6.61 Å². The number of benzene rings is 2. The first kappa shape index (κ1) is 20.3. The quantitative estimate of drug-likeness (QED) is 0.671. The van der Waals surface area contributed by atoms with Crippen LogP contribution in [0.25, 0.3) is 0 Å². The summed E-state index contributed by atoms with van der Waals surface area (Å²) in [6.45, 7) is 4.02. The van der Waals surface area contributed by atoms with Crippen LogP contribution in [0.1, 0.15) is 24.2 Å². The van der Waals surface area contributed by atoms with Crippen molar-refractivity contribution in [3.05, 3.63) is 48.0 Å². The SMILES string of the molecule is CCNS(=O)(=O)c1cc(C(=O)Nc2cccc(SC)c2)ccc1OCC. The second-order valence-corrected chi connectivity index (χ2v) is 7.90. The molecule has 8 heteroatoms. The van der Waals surface area contributed by atoms with Gasteiger partial charge in [-0.25, -0.2) is 13.1 Å². The molecule has 0 unspecified atom stereocenters. The Morgan fingerprint density at radius 2 is 1.92 bits per heavy atom. The Labute approximate surface area is 158 Å². The first-order valence-electron chi connectivity index (χ1n) is 8.13. The van der Waals surface area contributed by atoms with Gasteiger partial charge in [0.15, 0.2) is 0 Å². The molecule has 0 saturated heterocycles. The van der Waals surface area contributed by atoms with E-state index in [1.807, 2.05) is 24.5 Å². The predicted molar refractivity (Wildman–Crippen MR) is 105 cm³/mol. The van der Waals surface area contributed by atoms with Gasteiger partial charge in [-0.2, -0.15) is 0 Å². The summed E-state index contributed by atoms with van der Waals surface area (Å²) in [4.78, 5) is 13.5. The molecule has 2 rings (SSSR count). The van der Waals surface area contributed by atoms with Gasteiger partial charge in [0.2, 0.25) is 10.0 Å². The summed E-state index contributed by atoms with van der Waals surface area (Å²) in [5.41, 5.74) is 0.881. The van der Waals surface area contributed by atoms with Crippen molar-refractivity contribution < 1.29 is 17.9 Å². The van der Waals surface area contributed by atoms with Crippen LogP contribution in [0.15, 0.2) is 52.3 Å². The first-order chi connectivity index (χ1) is 12.4. The number of nitrogens with one attached hydrogen (secondary N) is 2. The highest BCUT2D eigenvalue weighted by Gasteiger charge is 2.21. The molecule has 26 heavy (non-hydrogen) atoms. The molecule has 2 aromatic rings. The van der Waals surface area contributed by atoms with Crippen molar-refractivity contribution in [1.29, 1.82) is 0 Å². The number of carbonyl (C=O) groups is 1. The van der Waals surface area contributed by atoms with Crippen LogP contribution in [0.5, 0.6) is 5.75 Å². The third kappa shape index (κ3) is 5.00. The van der Waals surface area contributed by atoms with Crippen LogP contribution in [-0.2, 0) is 10.0 Å². The van der Waals surface area contributed by atoms with Gasteiger partial charge in [-0.15, -0.1) is 11.8 Å². The van der Waals surface area contributed by atoms with E-state index in [0.29, 0.717) is 12.3 Å². The third-order valence-corrected chi connectivity index (χ3v) is 5.75. The van der Waals surface area contributed by atoms with Crippen molar-refractivity contribution in [2.45, 2.75) is 23.6 Å². The van der Waals surface area contributed by atoms with E-state index in [2.05, 4.69) is 10.0 Å². The van der Waals surface area contributed by atoms with Gasteiger partial charge >= 0.3 is 0 Å². The van der Waals surface area contributed by atoms with Crippen molar-refractivity contribution in [1.82, 2.24) is 4.72 Å². The van der Waals surface area contributed by atoms with E-state index in [0.717, 1.165) is 4.90 Å². The van der Waals surface area contributed by atoms with Crippen molar-refractivity contribution in [2.24, 2.45) is 0 Å². The van der Waals surface area contributed by atoms with Gasteiger partial charge in [0, 0.05) is 22.7 Å². The fraction of sp³-hybridized carbons (Fsp3) is 0.278. The van der Waals surface area contributed by atoms with E-state index < -0.39 is 10.0 Å². The fourth-order valence-electron chi connectivity index (χ4n) is 2.31. The smallest absolute Gasteiger partial charge is 0.255 e. The topological polar surface area (TPSA) is 84.5 Å². The first-order valence-corrected chi connectivity index (χ1v) is 10.8. The molecule has 6 nitrogen and oxygen atoms in total. The van der Waals surface area contributed by atoms with E-state index in [1.54, 1.807) is 37.7 Å². The molecular weight excluding hydrogens is 372 g/mol. The van der Waals surface area contributed by atoms with Crippen LogP contribution in [0.3, 0.4) is 0 Å². The van der Waals surface area contributed by atoms with E-state index in [4.69, 9.17) is 4.74 Å². The number of rotatable bonds is 8. The highest BCUT2D eigenvalue weighted by Crippen LogP contribution is 2.26. The zero-order valence-electron chi connectivity index (χ0n) is 14.9. The van der Waals surface area contributed by atoms with Crippen molar-refractivity contribution in [2.75, 3.05) is 24.7 Å². The standard InChI is InChI=1S/C18H22N2O4S2/c1-4-19-26(22,23)17-11-13(9-10-16(17)24-5-2)18(21)20-14-7-6-8-15(12-14)25-3/h6-12,19H,4-5H2,1-3H3,(H,20,21). The van der Waals surface area contributed by atoms with E-state index in [9.17, 15) is 13.2 Å². The molecule has 140 valence electrons. The highest BCUT2D eigenvalue weighted by atomic mass is 32.2. The molecule has 0 atom stereocenters. The Balaban J connectivity index is 2.35. The lowest BCUT2D eigenvalue weighted by atomic mass is 10.2. The maximum atomic E-state index is 12.5. The number of sulfonamides is 1. The number of hydrogen-bond donors (Lipinski definition) is 2. The van der Waals surface area contributed by atoms with Gasteiger partial charge in [-0.1, -0.05) is 13.0 Å². The number of anilines is 1. The van der Waals surface area contributed by atoms with Gasteiger partial charge in [-0.05, 0) is 49.6 Å². The van der Waals surface area contributed by atoms with Crippen molar-refractivity contribution in [3.8, 4) is 5.75 Å². The molecule has 0 aliphatic heterocycles. The minimum absolute atomic E-state index is 0.0493. The lowest BCUT2D eigenvalue weighted by Crippen LogP contribution is -2.24. The fourth-order valence-corrected chi connectivity index (χ4v) is 3.97. The summed E-state index contributed by atoms with van der Waals surface area (Å²) in [5.74, 6) is -0.173. The predicted octanol–water partition coefficient (Wildman–Crippen LogP) is 3.36. The number of ether oxygens (including phenoxy) is 1. The Kier molecular flexibility index (Phi) is 7.07. The summed E-state index contributed by atoms with van der Waals surface area (Å²) < 4.78 is 32.7. The number of hydrogen-bond acceptors (Lipinski definition) is 5. The van der Waals surface area contributed by atoms with Crippen LogP contribution in [-0.4, -0.2) is 33.7 Å². The summed E-state index contributed by atoms with van der Waals surface area (Å²) in [6.07, 6.45) is 1.95. The number of amides is 1. The molecule has 0 saturated carbocycles. The summed E-state index contributed by atoms with van der Waals surface area (Å²) in [6, 6.07) is 11.8. The second-order valence-electron chi connectivity index (χ2n) is 5.28. The number of carbonyl (C=O) groups excluding carboxylic acids is 1. The number of thioether (sulfide) groups is 1. The average molecular weight is 395 g/mol. The molecule has 0 fully saturated rings. The van der Waals surface area contributed by atoms with Crippen molar-refractivity contribution in [3.63, 3.8) is 0 Å². The summed E-state index contributed by atoms with van der Waals surface area (Å²) in [5, 5.41) is 2.79. The van der Waals surface area contributed by atoms with Crippen LogP contribution in [0, 0.1) is 0 Å². The second kappa shape index (κ2) is 9.07. The maximum absolute atomic E-state index is 12.5. The van der Waals surface area contributed by atoms with Gasteiger partial charge in [0.25, 0.3) is 5.91 Å². The molecule has 0 bridgehead atoms. The lowest BCUT2D eigenvalue weighted by molar-refractivity contribution is 0.102. The molecule has 1 amide bonds. The molecule has 0 heterocycles. The minimum atomic E-state index is -3.76. The molecular formula is C18H22N2O4S2. The van der Waals surface area contributed by atoms with Crippen LogP contribution < -0.4 is 14.8 Å². The Hall–Kier alpha value is -2.03. The summed E-state index contributed by atoms with van der Waals surface area (Å²) >= 11 is 1.57. The van der Waals surface area contributed by atoms with Crippen LogP contribution in [0.4, 0.5) is 5.69 Å². The monoisotopic (exact) mass is 394 g/mol. The Bertz CT molecular complexity index is 883. The molecule has 0 aliphatic rings. The van der Waals surface area contributed by atoms with Crippen molar-refractivity contribution >= 4 is 33.4 Å². The van der Waals surface area contributed by atoms with E-state index >= 15 is 0 Å². The van der Waals surface area contributed by atoms with Crippen LogP contribution in [0.2, 0.25) is 0 Å². The van der Waals surface area contributed by atoms with Gasteiger partial charge < -0.3 is 10.1 Å². The zero-order valence-corrected chi connectivity index (χ0v) is 16.5. The Morgan fingerprint density at radius 3 is 2.58 bits per heavy atom. The van der Waals surface area contributed by atoms with Crippen LogP contribution >= 0.6 is 11.8 Å². The Morgan fingerprint density at radius 1 is 1.15 bits per heavy atom. The average Bonchev–Trinajstić information content (AvgIpc) is 2.62. The largest absolute Gasteiger partial charge is 0.492 e. The molecule has 2 N–H and O–H groups in total. The molecule has 0 aromatic heterocycles. The minimum Gasteiger partial charge on any atom is -0.492 e. The zero-order chi connectivity index (χ0) is 19.2. The van der Waals surface area contributed by atoms with E-state index in [1.165, 1.54) is 12.1 Å². The molecule has 0 radical (unpaired) electrons. The highest BCUT2D eigenvalue weighted by molar-refractivity contribution is 7.98. The molecule has 2 aromatic carbocycles. The normalized spacial score (nSPS) is 11.2. The van der Waals surface area contributed by atoms with E-state index in [-0.39, 0.29) is 28.7 Å². The molecule has 0 spiro atoms. The lowest BCUT2D eigenvalue weighted by Gasteiger charge is -2.13.